The number of carbonyl (C=O) groups is 1. The number of benzene rings is 1. The lowest BCUT2D eigenvalue weighted by Crippen LogP contribution is -2.15. The molecule has 0 saturated heterocycles. The van der Waals surface area contributed by atoms with Crippen LogP contribution in [0.4, 0.5) is 5.69 Å². The van der Waals surface area contributed by atoms with E-state index in [1.54, 1.807) is 11.3 Å². The first-order valence-corrected chi connectivity index (χ1v) is 9.67. The molecule has 3 aromatic heterocycles. The summed E-state index contributed by atoms with van der Waals surface area (Å²) in [5, 5.41) is 9.73. The van der Waals surface area contributed by atoms with Gasteiger partial charge in [-0.15, -0.1) is 11.3 Å². The molecule has 3 heterocycles. The maximum absolute atomic E-state index is 13.2. The summed E-state index contributed by atoms with van der Waals surface area (Å²) < 4.78 is 5.36. The number of anilines is 1. The van der Waals surface area contributed by atoms with E-state index in [9.17, 15) is 4.79 Å². The van der Waals surface area contributed by atoms with Crippen molar-refractivity contribution in [1.29, 1.82) is 0 Å². The summed E-state index contributed by atoms with van der Waals surface area (Å²) >= 11 is 1.57. The molecular formula is C21H19N3O2S. The number of nitrogens with zero attached hydrogens (tertiary/aromatic N) is 2. The van der Waals surface area contributed by atoms with Crippen LogP contribution in [0.25, 0.3) is 21.7 Å². The van der Waals surface area contributed by atoms with Crippen LogP contribution in [0.3, 0.4) is 0 Å². The number of hydrogen-bond acceptors (Lipinski definition) is 5. The minimum absolute atomic E-state index is 0.185. The van der Waals surface area contributed by atoms with Crippen molar-refractivity contribution in [1.82, 2.24) is 10.1 Å². The first-order chi connectivity index (χ1) is 13.1. The minimum atomic E-state index is -0.185. The average molecular weight is 377 g/mol. The molecule has 6 heteroatoms. The fraction of sp³-hybridized carbons (Fsp3) is 0.190. The van der Waals surface area contributed by atoms with E-state index in [1.165, 1.54) is 0 Å². The lowest BCUT2D eigenvalue weighted by atomic mass is 10.0. The third-order valence-corrected chi connectivity index (χ3v) is 5.51. The number of rotatable bonds is 4. The normalized spacial score (nSPS) is 11.1. The van der Waals surface area contributed by atoms with E-state index < -0.39 is 0 Å². The van der Waals surface area contributed by atoms with Crippen molar-refractivity contribution in [2.45, 2.75) is 27.2 Å². The van der Waals surface area contributed by atoms with Gasteiger partial charge in [0.2, 0.25) is 0 Å². The fourth-order valence-corrected chi connectivity index (χ4v) is 3.89. The number of fused-ring (bicyclic) bond motifs is 1. The number of amides is 1. The number of para-hydroxylation sites is 1. The number of aromatic nitrogens is 2. The zero-order chi connectivity index (χ0) is 19.0. The zero-order valence-electron chi connectivity index (χ0n) is 15.4. The molecule has 0 unspecified atom stereocenters. The molecule has 0 spiro atoms. The largest absolute Gasteiger partial charge is 0.335 e. The minimum Gasteiger partial charge on any atom is -0.335 e. The third-order valence-electron chi connectivity index (χ3n) is 4.61. The van der Waals surface area contributed by atoms with Crippen molar-refractivity contribution >= 4 is 34.0 Å². The Hall–Kier alpha value is -2.99. The van der Waals surface area contributed by atoms with Gasteiger partial charge in [-0.05, 0) is 48.9 Å². The molecule has 27 heavy (non-hydrogen) atoms. The van der Waals surface area contributed by atoms with Gasteiger partial charge < -0.3 is 9.84 Å². The van der Waals surface area contributed by atoms with Crippen molar-refractivity contribution in [3.05, 3.63) is 64.2 Å². The summed E-state index contributed by atoms with van der Waals surface area (Å²) in [5.41, 5.74) is 5.26. The summed E-state index contributed by atoms with van der Waals surface area (Å²) in [6, 6.07) is 11.8. The van der Waals surface area contributed by atoms with Crippen LogP contribution in [-0.4, -0.2) is 16.0 Å². The second-order valence-corrected chi connectivity index (χ2v) is 7.34. The maximum Gasteiger partial charge on any atom is 0.259 e. The number of thiophene rings is 1. The van der Waals surface area contributed by atoms with Crippen LogP contribution in [-0.2, 0) is 6.42 Å². The predicted molar refractivity (Wildman–Crippen MR) is 108 cm³/mol. The van der Waals surface area contributed by atoms with Gasteiger partial charge in [0.15, 0.2) is 0 Å². The molecule has 0 aliphatic carbocycles. The van der Waals surface area contributed by atoms with Crippen molar-refractivity contribution in [2.75, 3.05) is 5.32 Å². The number of nitrogens with one attached hydrogen (secondary N) is 1. The van der Waals surface area contributed by atoms with Crippen LogP contribution in [0.5, 0.6) is 0 Å². The lowest BCUT2D eigenvalue weighted by Gasteiger charge is -2.13. The molecule has 1 N–H and O–H groups in total. The summed E-state index contributed by atoms with van der Waals surface area (Å²) in [7, 11) is 0. The van der Waals surface area contributed by atoms with E-state index in [4.69, 9.17) is 4.52 Å². The summed E-state index contributed by atoms with van der Waals surface area (Å²) in [6.45, 7) is 5.90. The second-order valence-electron chi connectivity index (χ2n) is 6.40. The van der Waals surface area contributed by atoms with Gasteiger partial charge in [0, 0.05) is 5.69 Å². The fourth-order valence-electron chi connectivity index (χ4n) is 3.21. The summed E-state index contributed by atoms with van der Waals surface area (Å²) in [5.74, 6) is -0.185. The topological polar surface area (TPSA) is 68.0 Å². The molecule has 0 aliphatic heterocycles. The predicted octanol–water partition coefficient (Wildman–Crippen LogP) is 5.38. The standard InChI is InChI=1S/C21H19N3O2S/c1-4-14-8-5-7-12(2)19(14)23-20(25)15-11-16(17-9-6-10-27-17)22-21-18(15)13(3)24-26-21/h5-11H,4H2,1-3H3,(H,23,25). The van der Waals surface area contributed by atoms with E-state index in [0.29, 0.717) is 28.1 Å². The molecular weight excluding hydrogens is 358 g/mol. The van der Waals surface area contributed by atoms with Crippen molar-refractivity contribution in [2.24, 2.45) is 0 Å². The highest BCUT2D eigenvalue weighted by Crippen LogP contribution is 2.30. The quantitative estimate of drug-likeness (QED) is 0.518. The Morgan fingerprint density at radius 3 is 2.81 bits per heavy atom. The molecule has 1 aromatic carbocycles. The van der Waals surface area contributed by atoms with Crippen LogP contribution in [0.2, 0.25) is 0 Å². The number of carbonyl (C=O) groups excluding carboxylic acids is 1. The zero-order valence-corrected chi connectivity index (χ0v) is 16.2. The van der Waals surface area contributed by atoms with Gasteiger partial charge >= 0.3 is 0 Å². The van der Waals surface area contributed by atoms with Gasteiger partial charge in [-0.25, -0.2) is 4.98 Å². The van der Waals surface area contributed by atoms with Crippen LogP contribution >= 0.6 is 11.3 Å². The van der Waals surface area contributed by atoms with Gasteiger partial charge in [0.05, 0.1) is 27.2 Å². The molecule has 4 rings (SSSR count). The van der Waals surface area contributed by atoms with E-state index in [2.05, 4.69) is 22.4 Å². The molecule has 5 nitrogen and oxygen atoms in total. The lowest BCUT2D eigenvalue weighted by molar-refractivity contribution is 0.102. The van der Waals surface area contributed by atoms with E-state index in [-0.39, 0.29) is 5.91 Å². The number of hydrogen-bond donors (Lipinski definition) is 1. The Morgan fingerprint density at radius 2 is 2.07 bits per heavy atom. The number of pyridine rings is 1. The smallest absolute Gasteiger partial charge is 0.259 e. The van der Waals surface area contributed by atoms with Crippen LogP contribution < -0.4 is 5.32 Å². The van der Waals surface area contributed by atoms with Gasteiger partial charge in [-0.1, -0.05) is 36.3 Å². The summed E-state index contributed by atoms with van der Waals surface area (Å²) in [6.07, 6.45) is 0.843. The highest BCUT2D eigenvalue weighted by molar-refractivity contribution is 7.13. The van der Waals surface area contributed by atoms with Crippen LogP contribution in [0.15, 0.2) is 46.3 Å². The molecule has 0 saturated carbocycles. The Labute approximate surface area is 161 Å². The molecule has 0 fully saturated rings. The van der Waals surface area contributed by atoms with E-state index in [0.717, 1.165) is 28.1 Å². The Balaban J connectivity index is 1.83. The highest BCUT2D eigenvalue weighted by Gasteiger charge is 2.20. The van der Waals surface area contributed by atoms with Gasteiger partial charge in [0.1, 0.15) is 0 Å². The molecule has 136 valence electrons. The first kappa shape index (κ1) is 17.4. The van der Waals surface area contributed by atoms with Crippen molar-refractivity contribution in [3.63, 3.8) is 0 Å². The molecule has 0 aliphatic rings. The molecule has 1 amide bonds. The molecule has 0 radical (unpaired) electrons. The Kier molecular flexibility index (Phi) is 4.49. The molecule has 0 bridgehead atoms. The van der Waals surface area contributed by atoms with Crippen molar-refractivity contribution < 1.29 is 9.32 Å². The monoisotopic (exact) mass is 377 g/mol. The maximum atomic E-state index is 13.2. The van der Waals surface area contributed by atoms with Gasteiger partial charge in [0.25, 0.3) is 11.6 Å². The Morgan fingerprint density at radius 1 is 1.22 bits per heavy atom. The van der Waals surface area contributed by atoms with Crippen LogP contribution in [0.1, 0.15) is 34.1 Å². The SMILES string of the molecule is CCc1cccc(C)c1NC(=O)c1cc(-c2cccs2)nc2onc(C)c12. The highest BCUT2D eigenvalue weighted by atomic mass is 32.1. The molecule has 4 aromatic rings. The van der Waals surface area contributed by atoms with Gasteiger partial charge in [-0.2, -0.15) is 0 Å². The second kappa shape index (κ2) is 6.96. The van der Waals surface area contributed by atoms with Crippen LogP contribution in [0, 0.1) is 13.8 Å². The average Bonchev–Trinajstić information content (AvgIpc) is 3.33. The summed E-state index contributed by atoms with van der Waals surface area (Å²) in [4.78, 5) is 18.7. The third kappa shape index (κ3) is 3.13. The van der Waals surface area contributed by atoms with Gasteiger partial charge in [-0.3, -0.25) is 4.79 Å². The van der Waals surface area contributed by atoms with E-state index in [1.807, 2.05) is 55.6 Å². The Bertz CT molecular complexity index is 1130. The van der Waals surface area contributed by atoms with E-state index >= 15 is 0 Å². The number of aryl methyl sites for hydroxylation is 3. The molecule has 0 atom stereocenters. The first-order valence-electron chi connectivity index (χ1n) is 8.79. The van der Waals surface area contributed by atoms with Crippen molar-refractivity contribution in [3.8, 4) is 10.6 Å².